The van der Waals surface area contributed by atoms with Gasteiger partial charge >= 0.3 is 0 Å². The summed E-state index contributed by atoms with van der Waals surface area (Å²) in [5.74, 6) is 0. The molecular weight excluding hydrogens is 172 g/mol. The maximum Gasteiger partial charge on any atom is 0.111 e. The summed E-state index contributed by atoms with van der Waals surface area (Å²) in [5.41, 5.74) is 12.1. The Hall–Kier alpha value is -0.970. The molecule has 0 aromatic carbocycles. The van der Waals surface area contributed by atoms with Gasteiger partial charge in [0.05, 0.1) is 6.61 Å². The van der Waals surface area contributed by atoms with Crippen LogP contribution in [0.1, 0.15) is 32.6 Å². The van der Waals surface area contributed by atoms with Crippen LogP contribution in [0.15, 0.2) is 5.28 Å². The molecule has 0 saturated heterocycles. The van der Waals surface area contributed by atoms with Crippen LogP contribution in [0.3, 0.4) is 0 Å². The zero-order chi connectivity index (χ0) is 10.2. The second-order valence-corrected chi connectivity index (χ2v) is 3.17. The predicted octanol–water partition coefficient (Wildman–Crippen LogP) is 1.46. The lowest BCUT2D eigenvalue weighted by atomic mass is 10.1. The van der Waals surface area contributed by atoms with Crippen molar-refractivity contribution in [1.29, 1.82) is 0 Å². The molecule has 6 heteroatoms. The summed E-state index contributed by atoms with van der Waals surface area (Å²) < 4.78 is 0. The first kappa shape index (κ1) is 12.0. The van der Waals surface area contributed by atoms with Crippen molar-refractivity contribution in [3.8, 4) is 0 Å². The van der Waals surface area contributed by atoms with Crippen molar-refractivity contribution in [1.82, 2.24) is 0 Å². The van der Waals surface area contributed by atoms with Gasteiger partial charge in [-0.3, -0.25) is 0 Å². The molecule has 1 unspecified atom stereocenters. The van der Waals surface area contributed by atoms with Crippen molar-refractivity contribution in [3.63, 3.8) is 0 Å². The number of hydrogen-bond donors (Lipinski definition) is 2. The SMILES string of the molecule is CC(N)(O)CCCCCON=[N+]=[N-]. The first-order valence-electron chi connectivity index (χ1n) is 4.24. The molecule has 0 aliphatic carbocycles. The highest BCUT2D eigenvalue weighted by molar-refractivity contribution is 4.62. The molecule has 3 N–H and O–H groups in total. The minimum Gasteiger partial charge on any atom is -0.434 e. The molecule has 0 spiro atoms. The molecule has 0 fully saturated rings. The van der Waals surface area contributed by atoms with Gasteiger partial charge in [0.15, 0.2) is 0 Å². The smallest absolute Gasteiger partial charge is 0.111 e. The summed E-state index contributed by atoms with van der Waals surface area (Å²) in [4.78, 5) is 6.97. The summed E-state index contributed by atoms with van der Waals surface area (Å²) in [6.07, 6.45) is 3.10. The van der Waals surface area contributed by atoms with E-state index in [0.29, 0.717) is 13.0 Å². The molecule has 6 nitrogen and oxygen atoms in total. The van der Waals surface area contributed by atoms with E-state index in [1.165, 1.54) is 0 Å². The van der Waals surface area contributed by atoms with Gasteiger partial charge in [-0.15, -0.1) is 0 Å². The lowest BCUT2D eigenvalue weighted by Crippen LogP contribution is -2.35. The minimum absolute atomic E-state index is 0.413. The third-order valence-electron chi connectivity index (χ3n) is 1.51. The van der Waals surface area contributed by atoms with Gasteiger partial charge in [-0.1, -0.05) is 0 Å². The molecular formula is C7H16N4O2. The van der Waals surface area contributed by atoms with Crippen molar-refractivity contribution >= 4 is 0 Å². The van der Waals surface area contributed by atoms with Crippen molar-refractivity contribution in [3.05, 3.63) is 10.4 Å². The summed E-state index contributed by atoms with van der Waals surface area (Å²) in [6, 6.07) is 0. The van der Waals surface area contributed by atoms with Crippen molar-refractivity contribution < 1.29 is 9.94 Å². The summed E-state index contributed by atoms with van der Waals surface area (Å²) in [5, 5.41) is 12.1. The summed E-state index contributed by atoms with van der Waals surface area (Å²) in [7, 11) is 0. The molecule has 0 aromatic heterocycles. The normalized spacial score (nSPS) is 14.4. The summed E-state index contributed by atoms with van der Waals surface area (Å²) >= 11 is 0. The molecule has 13 heavy (non-hydrogen) atoms. The Balaban J connectivity index is 3.13. The molecule has 0 aromatic rings. The fourth-order valence-corrected chi connectivity index (χ4v) is 0.893. The number of unbranched alkanes of at least 4 members (excludes halogenated alkanes) is 2. The van der Waals surface area contributed by atoms with E-state index in [1.54, 1.807) is 6.92 Å². The fourth-order valence-electron chi connectivity index (χ4n) is 0.893. The summed E-state index contributed by atoms with van der Waals surface area (Å²) in [6.45, 7) is 1.99. The standard InChI is InChI=1S/C7H16N4O2/c1-7(8,12)5-3-2-4-6-13-11-10-9/h12H,2-6,8H2,1H3. The van der Waals surface area contributed by atoms with Gasteiger partial charge in [-0.25, -0.2) is 0 Å². The van der Waals surface area contributed by atoms with Gasteiger partial charge < -0.3 is 15.7 Å². The van der Waals surface area contributed by atoms with E-state index in [4.69, 9.17) is 16.4 Å². The Bertz CT molecular complexity index is 172. The van der Waals surface area contributed by atoms with E-state index in [1.807, 2.05) is 0 Å². The van der Waals surface area contributed by atoms with Gasteiger partial charge in [0.2, 0.25) is 0 Å². The minimum atomic E-state index is -1.08. The maximum atomic E-state index is 9.14. The Morgan fingerprint density at radius 3 is 2.77 bits per heavy atom. The molecule has 0 saturated carbocycles. The Kier molecular flexibility index (Phi) is 6.05. The van der Waals surface area contributed by atoms with Crippen molar-refractivity contribution in [2.45, 2.75) is 38.3 Å². The van der Waals surface area contributed by atoms with Crippen LogP contribution in [0, 0.1) is 0 Å². The quantitative estimate of drug-likeness (QED) is 0.158. The maximum absolute atomic E-state index is 9.14. The Morgan fingerprint density at radius 2 is 2.23 bits per heavy atom. The van der Waals surface area contributed by atoms with E-state index >= 15 is 0 Å². The van der Waals surface area contributed by atoms with Crippen LogP contribution in [-0.4, -0.2) is 17.4 Å². The number of aliphatic hydroxyl groups is 1. The van der Waals surface area contributed by atoms with Crippen LogP contribution in [0.5, 0.6) is 0 Å². The van der Waals surface area contributed by atoms with E-state index in [-0.39, 0.29) is 0 Å². The number of rotatable bonds is 7. The van der Waals surface area contributed by atoms with Gasteiger partial charge in [-0.2, -0.15) is 0 Å². The lowest BCUT2D eigenvalue weighted by Gasteiger charge is -2.16. The molecule has 0 amide bonds. The zero-order valence-corrected chi connectivity index (χ0v) is 7.81. The number of azide groups is 1. The van der Waals surface area contributed by atoms with E-state index < -0.39 is 5.72 Å². The molecule has 1 atom stereocenters. The van der Waals surface area contributed by atoms with Crippen LogP contribution in [0.2, 0.25) is 0 Å². The Morgan fingerprint density at radius 1 is 1.54 bits per heavy atom. The van der Waals surface area contributed by atoms with Crippen LogP contribution >= 0.6 is 0 Å². The highest BCUT2D eigenvalue weighted by Crippen LogP contribution is 2.08. The van der Waals surface area contributed by atoms with Crippen LogP contribution < -0.4 is 5.73 Å². The first-order chi connectivity index (χ1) is 6.06. The average molecular weight is 188 g/mol. The highest BCUT2D eigenvalue weighted by Gasteiger charge is 2.11. The lowest BCUT2D eigenvalue weighted by molar-refractivity contribution is 0.0538. The molecule has 0 bridgehead atoms. The van der Waals surface area contributed by atoms with E-state index in [9.17, 15) is 0 Å². The fraction of sp³-hybridized carbons (Fsp3) is 1.00. The topological polar surface area (TPSA) is 104 Å². The highest BCUT2D eigenvalue weighted by atomic mass is 16.6. The molecule has 0 aliphatic rings. The van der Waals surface area contributed by atoms with E-state index in [2.05, 4.69) is 15.0 Å². The van der Waals surface area contributed by atoms with Crippen LogP contribution in [-0.2, 0) is 4.84 Å². The van der Waals surface area contributed by atoms with Gasteiger partial charge in [0, 0.05) is 4.91 Å². The number of nitrogens with two attached hydrogens (primary N) is 1. The van der Waals surface area contributed by atoms with Crippen molar-refractivity contribution in [2.75, 3.05) is 6.61 Å². The average Bonchev–Trinajstić information content (AvgIpc) is 2.01. The molecule has 0 aliphatic heterocycles. The molecule has 76 valence electrons. The number of nitrogens with zero attached hydrogens (tertiary/aromatic N) is 3. The Labute approximate surface area is 77.3 Å². The van der Waals surface area contributed by atoms with Gasteiger partial charge in [-0.05, 0) is 38.1 Å². The second-order valence-electron chi connectivity index (χ2n) is 3.17. The second kappa shape index (κ2) is 6.54. The third-order valence-corrected chi connectivity index (χ3v) is 1.51. The zero-order valence-electron chi connectivity index (χ0n) is 7.81. The van der Waals surface area contributed by atoms with Gasteiger partial charge in [0.1, 0.15) is 11.0 Å². The predicted molar refractivity (Wildman–Crippen MR) is 48.4 cm³/mol. The van der Waals surface area contributed by atoms with Crippen LogP contribution in [0.4, 0.5) is 0 Å². The molecule has 0 heterocycles. The van der Waals surface area contributed by atoms with Crippen molar-refractivity contribution in [2.24, 2.45) is 11.0 Å². The molecule has 0 rings (SSSR count). The van der Waals surface area contributed by atoms with Crippen LogP contribution in [0.25, 0.3) is 10.4 Å². The molecule has 0 radical (unpaired) electrons. The third kappa shape index (κ3) is 11.0. The largest absolute Gasteiger partial charge is 0.434 e. The van der Waals surface area contributed by atoms with E-state index in [0.717, 1.165) is 19.3 Å². The monoisotopic (exact) mass is 188 g/mol. The first-order valence-corrected chi connectivity index (χ1v) is 4.24. The number of hydrogen-bond acceptors (Lipinski definition) is 4. The van der Waals surface area contributed by atoms with Gasteiger partial charge in [0.25, 0.3) is 0 Å².